The molecular weight excluding hydrogens is 344 g/mol. The first-order valence-corrected chi connectivity index (χ1v) is 8.72. The number of aromatic amines is 1. The summed E-state index contributed by atoms with van der Waals surface area (Å²) in [5.74, 6) is -0.704. The Morgan fingerprint density at radius 2 is 1.74 bits per heavy atom. The van der Waals surface area contributed by atoms with E-state index in [4.69, 9.17) is 5.73 Å². The first kappa shape index (κ1) is 17.0. The lowest BCUT2D eigenvalue weighted by Gasteiger charge is -2.22. The molecule has 3 N–H and O–H groups in total. The topological polar surface area (TPSA) is 109 Å². The van der Waals surface area contributed by atoms with Crippen LogP contribution in [0.25, 0.3) is 10.8 Å². The second-order valence-electron chi connectivity index (χ2n) is 6.67. The second-order valence-corrected chi connectivity index (χ2v) is 6.67. The van der Waals surface area contributed by atoms with Crippen LogP contribution in [0, 0.1) is 0 Å². The van der Waals surface area contributed by atoms with Gasteiger partial charge in [-0.3, -0.25) is 14.4 Å². The Balaban J connectivity index is 1.67. The molecule has 27 heavy (non-hydrogen) atoms. The zero-order valence-electron chi connectivity index (χ0n) is 14.5. The van der Waals surface area contributed by atoms with Gasteiger partial charge in [0, 0.05) is 23.5 Å². The van der Waals surface area contributed by atoms with Gasteiger partial charge >= 0.3 is 0 Å². The third-order valence-electron chi connectivity index (χ3n) is 4.74. The maximum atomic E-state index is 13.2. The normalized spacial score (nSPS) is 13.5. The molecule has 1 saturated carbocycles. The van der Waals surface area contributed by atoms with Crippen LogP contribution in [-0.2, 0) is 6.54 Å². The van der Waals surface area contributed by atoms with Crippen LogP contribution < -0.4 is 11.3 Å². The lowest BCUT2D eigenvalue weighted by molar-refractivity contribution is 0.0724. The fourth-order valence-corrected chi connectivity index (χ4v) is 3.14. The third-order valence-corrected chi connectivity index (χ3v) is 4.74. The molecule has 0 aliphatic heterocycles. The monoisotopic (exact) mass is 362 g/mol. The van der Waals surface area contributed by atoms with Crippen molar-refractivity contribution in [2.75, 3.05) is 0 Å². The van der Waals surface area contributed by atoms with Crippen molar-refractivity contribution in [3.63, 3.8) is 0 Å². The summed E-state index contributed by atoms with van der Waals surface area (Å²) in [4.78, 5) is 38.2. The average molecular weight is 362 g/mol. The van der Waals surface area contributed by atoms with Gasteiger partial charge < -0.3 is 10.6 Å². The summed E-state index contributed by atoms with van der Waals surface area (Å²) < 4.78 is 0. The Bertz CT molecular complexity index is 1080. The minimum atomic E-state index is -0.486. The maximum Gasteiger partial charge on any atom is 0.275 e. The van der Waals surface area contributed by atoms with Gasteiger partial charge in [-0.25, -0.2) is 5.10 Å². The number of nitrogens with zero attached hydrogens (tertiary/aromatic N) is 2. The van der Waals surface area contributed by atoms with Crippen LogP contribution in [0.2, 0.25) is 0 Å². The van der Waals surface area contributed by atoms with Gasteiger partial charge in [0.05, 0.1) is 5.39 Å². The third kappa shape index (κ3) is 3.31. The van der Waals surface area contributed by atoms with E-state index < -0.39 is 5.91 Å². The van der Waals surface area contributed by atoms with Crippen molar-refractivity contribution in [2.45, 2.75) is 25.4 Å². The molecule has 0 spiro atoms. The molecule has 2 amide bonds. The summed E-state index contributed by atoms with van der Waals surface area (Å²) in [6.45, 7) is 0.400. The van der Waals surface area contributed by atoms with Gasteiger partial charge in [-0.15, -0.1) is 0 Å². The smallest absolute Gasteiger partial charge is 0.275 e. The number of benzene rings is 2. The number of aromatic nitrogens is 2. The van der Waals surface area contributed by atoms with Crippen molar-refractivity contribution < 1.29 is 9.59 Å². The predicted molar refractivity (Wildman–Crippen MR) is 100 cm³/mol. The van der Waals surface area contributed by atoms with E-state index in [9.17, 15) is 14.4 Å². The Labute approximate surface area is 154 Å². The number of carbonyl (C=O) groups excluding carboxylic acids is 2. The standard InChI is InChI=1S/C20H18N4O3/c21-18(25)13-7-5-12(6-8-13)11-24(14-9-10-14)20(27)17-15-3-1-2-4-16(15)19(26)23-22-17/h1-8,14H,9-11H2,(H2,21,25)(H,23,26). The highest BCUT2D eigenvalue weighted by atomic mass is 16.2. The minimum Gasteiger partial charge on any atom is -0.366 e. The van der Waals surface area contributed by atoms with E-state index in [2.05, 4.69) is 10.2 Å². The van der Waals surface area contributed by atoms with Gasteiger partial charge in [-0.2, -0.15) is 5.10 Å². The first-order valence-electron chi connectivity index (χ1n) is 8.72. The molecule has 2 aromatic carbocycles. The molecule has 1 aliphatic carbocycles. The van der Waals surface area contributed by atoms with Crippen LogP contribution in [0.1, 0.15) is 39.3 Å². The fourth-order valence-electron chi connectivity index (χ4n) is 3.14. The Hall–Kier alpha value is -3.48. The summed E-state index contributed by atoms with van der Waals surface area (Å²) in [6, 6.07) is 14.0. The summed E-state index contributed by atoms with van der Waals surface area (Å²) >= 11 is 0. The fraction of sp³-hybridized carbons (Fsp3) is 0.200. The number of H-pyrrole nitrogens is 1. The highest BCUT2D eigenvalue weighted by Gasteiger charge is 2.34. The number of hydrogen-bond acceptors (Lipinski definition) is 4. The van der Waals surface area contributed by atoms with Crippen LogP contribution in [0.5, 0.6) is 0 Å². The molecule has 1 fully saturated rings. The van der Waals surface area contributed by atoms with Crippen LogP contribution in [0.3, 0.4) is 0 Å². The predicted octanol–water partition coefficient (Wildman–Crippen LogP) is 1.83. The van der Waals surface area contributed by atoms with Gasteiger partial charge in [0.25, 0.3) is 11.5 Å². The number of amides is 2. The van der Waals surface area contributed by atoms with Crippen LogP contribution in [-0.4, -0.2) is 33.0 Å². The number of fused-ring (bicyclic) bond motifs is 1. The molecule has 3 aromatic rings. The van der Waals surface area contributed by atoms with E-state index in [0.29, 0.717) is 22.9 Å². The van der Waals surface area contributed by atoms with Gasteiger partial charge in [-0.05, 0) is 36.6 Å². The SMILES string of the molecule is NC(=O)c1ccc(CN(C(=O)c2n[nH]c(=O)c3ccccc23)C2CC2)cc1. The number of primary amides is 1. The molecule has 1 aromatic heterocycles. The maximum absolute atomic E-state index is 13.2. The van der Waals surface area contributed by atoms with E-state index in [-0.39, 0.29) is 23.2 Å². The molecule has 4 rings (SSSR count). The number of nitrogens with two attached hydrogens (primary N) is 1. The molecule has 0 bridgehead atoms. The van der Waals surface area contributed by atoms with Crippen LogP contribution in [0.15, 0.2) is 53.3 Å². The second kappa shape index (κ2) is 6.68. The van der Waals surface area contributed by atoms with Gasteiger partial charge in [0.15, 0.2) is 5.69 Å². The summed E-state index contributed by atoms with van der Waals surface area (Å²) in [5, 5.41) is 7.43. The molecule has 1 heterocycles. The van der Waals surface area contributed by atoms with Crippen LogP contribution >= 0.6 is 0 Å². The van der Waals surface area contributed by atoms with E-state index in [0.717, 1.165) is 18.4 Å². The lowest BCUT2D eigenvalue weighted by Crippen LogP contribution is -2.34. The van der Waals surface area contributed by atoms with E-state index in [1.807, 2.05) is 0 Å². The average Bonchev–Trinajstić information content (AvgIpc) is 3.51. The van der Waals surface area contributed by atoms with E-state index in [1.165, 1.54) is 0 Å². The molecule has 7 heteroatoms. The lowest BCUT2D eigenvalue weighted by atomic mass is 10.1. The Morgan fingerprint density at radius 1 is 1.07 bits per heavy atom. The van der Waals surface area contributed by atoms with E-state index in [1.54, 1.807) is 53.4 Å². The molecule has 136 valence electrons. The van der Waals surface area contributed by atoms with Gasteiger partial charge in [0.1, 0.15) is 0 Å². The van der Waals surface area contributed by atoms with Crippen molar-refractivity contribution in [2.24, 2.45) is 5.73 Å². The number of nitrogens with one attached hydrogen (secondary N) is 1. The Kier molecular flexibility index (Phi) is 4.19. The molecular formula is C20H18N4O3. The van der Waals surface area contributed by atoms with Crippen molar-refractivity contribution in [3.8, 4) is 0 Å². The van der Waals surface area contributed by atoms with Gasteiger partial charge in [-0.1, -0.05) is 30.3 Å². The summed E-state index contributed by atoms with van der Waals surface area (Å²) in [5.41, 5.74) is 6.52. The van der Waals surface area contributed by atoms with E-state index >= 15 is 0 Å². The Morgan fingerprint density at radius 3 is 2.37 bits per heavy atom. The van der Waals surface area contributed by atoms with Gasteiger partial charge in [0.2, 0.25) is 5.91 Å². The van der Waals surface area contributed by atoms with Crippen LogP contribution in [0.4, 0.5) is 0 Å². The van der Waals surface area contributed by atoms with Crippen molar-refractivity contribution in [1.82, 2.24) is 15.1 Å². The summed E-state index contributed by atoms with van der Waals surface area (Å²) in [7, 11) is 0. The van der Waals surface area contributed by atoms with Crippen molar-refractivity contribution in [1.29, 1.82) is 0 Å². The number of carbonyl (C=O) groups is 2. The zero-order valence-corrected chi connectivity index (χ0v) is 14.5. The molecule has 0 atom stereocenters. The molecule has 0 radical (unpaired) electrons. The number of hydrogen-bond donors (Lipinski definition) is 2. The largest absolute Gasteiger partial charge is 0.366 e. The molecule has 0 saturated heterocycles. The molecule has 7 nitrogen and oxygen atoms in total. The zero-order chi connectivity index (χ0) is 19.0. The summed E-state index contributed by atoms with van der Waals surface area (Å²) in [6.07, 6.45) is 1.87. The number of rotatable bonds is 5. The van der Waals surface area contributed by atoms with Crippen molar-refractivity contribution in [3.05, 3.63) is 75.7 Å². The highest BCUT2D eigenvalue weighted by Crippen LogP contribution is 2.30. The highest BCUT2D eigenvalue weighted by molar-refractivity contribution is 6.04. The first-order chi connectivity index (χ1) is 13.0. The molecule has 0 unspecified atom stereocenters. The molecule has 1 aliphatic rings. The van der Waals surface area contributed by atoms with Crippen molar-refractivity contribution >= 4 is 22.6 Å². The quantitative estimate of drug-likeness (QED) is 0.721. The minimum absolute atomic E-state index is 0.154.